The molecule has 0 bridgehead atoms. The molecule has 3 heterocycles. The van der Waals surface area contributed by atoms with Crippen LogP contribution in [0, 0.1) is 0 Å². The van der Waals surface area contributed by atoms with Crippen LogP contribution in [0.4, 0.5) is 23.9 Å². The van der Waals surface area contributed by atoms with Crippen LogP contribution in [0.1, 0.15) is 42.5 Å². The van der Waals surface area contributed by atoms with Crippen molar-refractivity contribution in [2.24, 2.45) is 0 Å². The summed E-state index contributed by atoms with van der Waals surface area (Å²) in [5.41, 5.74) is 1.65. The molecule has 8 nitrogen and oxygen atoms in total. The molecule has 3 aromatic rings. The number of aromatic nitrogens is 3. The molecule has 2 fully saturated rings. The number of hydrogen-bond acceptors (Lipinski definition) is 8. The number of benzene rings is 1. The highest BCUT2D eigenvalue weighted by atomic mass is 32.2. The normalized spacial score (nSPS) is 20.7. The summed E-state index contributed by atoms with van der Waals surface area (Å²) in [4.78, 5) is 36.5. The number of anilines is 1. The van der Waals surface area contributed by atoms with Gasteiger partial charge in [-0.3, -0.25) is 19.9 Å². The van der Waals surface area contributed by atoms with Crippen LogP contribution in [0.2, 0.25) is 0 Å². The van der Waals surface area contributed by atoms with E-state index in [2.05, 4.69) is 30.9 Å². The molecule has 2 amide bonds. The molecule has 0 radical (unpaired) electrons. The van der Waals surface area contributed by atoms with Crippen molar-refractivity contribution >= 4 is 34.9 Å². The Morgan fingerprint density at radius 2 is 1.79 bits per heavy atom. The summed E-state index contributed by atoms with van der Waals surface area (Å²) in [6.07, 6.45) is 3.91. The van der Waals surface area contributed by atoms with E-state index in [1.54, 1.807) is 36.7 Å². The zero-order valence-corrected chi connectivity index (χ0v) is 21.5. The molecule has 1 aromatic carbocycles. The van der Waals surface area contributed by atoms with E-state index in [-0.39, 0.29) is 12.1 Å². The van der Waals surface area contributed by atoms with Gasteiger partial charge in [-0.15, -0.1) is 0 Å². The van der Waals surface area contributed by atoms with Gasteiger partial charge in [-0.05, 0) is 73.4 Å². The second kappa shape index (κ2) is 11.5. The number of carbonyl (C=O) groups excluding carboxylic acids is 2. The third-order valence-electron chi connectivity index (χ3n) is 6.59. The molecule has 1 saturated carbocycles. The second-order valence-electron chi connectivity index (χ2n) is 9.32. The van der Waals surface area contributed by atoms with E-state index in [1.807, 2.05) is 6.07 Å². The van der Waals surface area contributed by atoms with Crippen molar-refractivity contribution in [1.29, 1.82) is 0 Å². The van der Waals surface area contributed by atoms with Crippen LogP contribution in [-0.2, 0) is 17.5 Å². The molecule has 3 N–H and O–H groups in total. The number of amides is 2. The van der Waals surface area contributed by atoms with Gasteiger partial charge in [0, 0.05) is 36.6 Å². The molecule has 0 spiro atoms. The Balaban J connectivity index is 1.16. The molecular weight excluding hydrogens is 529 g/mol. The molecule has 5 rings (SSSR count). The van der Waals surface area contributed by atoms with Gasteiger partial charge in [0.25, 0.3) is 11.1 Å². The van der Waals surface area contributed by atoms with Crippen molar-refractivity contribution in [3.8, 4) is 11.3 Å². The van der Waals surface area contributed by atoms with Gasteiger partial charge in [-0.25, -0.2) is 9.97 Å². The van der Waals surface area contributed by atoms with Gasteiger partial charge in [0.2, 0.25) is 5.95 Å². The van der Waals surface area contributed by atoms with Crippen LogP contribution < -0.4 is 16.0 Å². The van der Waals surface area contributed by atoms with Gasteiger partial charge in [0.05, 0.1) is 21.9 Å². The van der Waals surface area contributed by atoms with E-state index in [9.17, 15) is 22.8 Å². The molecule has 12 heteroatoms. The highest BCUT2D eigenvalue weighted by molar-refractivity contribution is 8.18. The van der Waals surface area contributed by atoms with E-state index in [4.69, 9.17) is 0 Å². The minimum Gasteiger partial charge on any atom is -0.351 e. The molecule has 39 heavy (non-hydrogen) atoms. The molecule has 202 valence electrons. The summed E-state index contributed by atoms with van der Waals surface area (Å²) in [7, 11) is 0. The number of carbonyl (C=O) groups is 2. The quantitative estimate of drug-likeness (QED) is 0.334. The summed E-state index contributed by atoms with van der Waals surface area (Å²) >= 11 is 0.839. The largest absolute Gasteiger partial charge is 0.416 e. The summed E-state index contributed by atoms with van der Waals surface area (Å²) in [5.74, 6) is 0.0220. The van der Waals surface area contributed by atoms with E-state index in [0.717, 1.165) is 55.1 Å². The average molecular weight is 555 g/mol. The third-order valence-corrected chi connectivity index (χ3v) is 7.40. The Morgan fingerprint density at radius 3 is 2.54 bits per heavy atom. The highest BCUT2D eigenvalue weighted by Crippen LogP contribution is 2.33. The predicted molar refractivity (Wildman–Crippen MR) is 142 cm³/mol. The van der Waals surface area contributed by atoms with E-state index in [1.165, 1.54) is 6.07 Å². The fraction of sp³-hybridized carbons (Fsp3) is 0.296. The maximum atomic E-state index is 13.2. The number of imide groups is 1. The van der Waals surface area contributed by atoms with Crippen LogP contribution in [0.5, 0.6) is 0 Å². The number of nitrogens with zero attached hydrogens (tertiary/aromatic N) is 3. The fourth-order valence-corrected chi connectivity index (χ4v) is 5.31. The van der Waals surface area contributed by atoms with Crippen molar-refractivity contribution in [2.75, 3.05) is 5.32 Å². The average Bonchev–Trinajstić information content (AvgIpc) is 3.24. The number of thioether (sulfide) groups is 1. The maximum absolute atomic E-state index is 13.2. The number of halogens is 3. The van der Waals surface area contributed by atoms with Crippen molar-refractivity contribution in [3.63, 3.8) is 0 Å². The number of alkyl halides is 3. The highest BCUT2D eigenvalue weighted by Gasteiger charge is 2.31. The number of nitrogens with one attached hydrogen (secondary N) is 3. The summed E-state index contributed by atoms with van der Waals surface area (Å²) in [6, 6.07) is 11.0. The van der Waals surface area contributed by atoms with Crippen LogP contribution in [0.25, 0.3) is 17.3 Å². The maximum Gasteiger partial charge on any atom is 0.416 e. The second-order valence-corrected chi connectivity index (χ2v) is 10.3. The lowest BCUT2D eigenvalue weighted by Crippen LogP contribution is -2.37. The zero-order chi connectivity index (χ0) is 27.4. The lowest BCUT2D eigenvalue weighted by atomic mass is 9.91. The molecule has 2 aliphatic rings. The molecule has 0 unspecified atom stereocenters. The van der Waals surface area contributed by atoms with Crippen molar-refractivity contribution in [1.82, 2.24) is 25.6 Å². The molecular formula is C27H25F3N6O2S. The summed E-state index contributed by atoms with van der Waals surface area (Å²) in [5, 5.41) is 8.71. The Bertz CT molecular complexity index is 1410. The fourth-order valence-electron chi connectivity index (χ4n) is 4.64. The van der Waals surface area contributed by atoms with Crippen LogP contribution in [0.3, 0.4) is 0 Å². The summed E-state index contributed by atoms with van der Waals surface area (Å²) < 4.78 is 39.6. The number of pyridine rings is 1. The van der Waals surface area contributed by atoms with E-state index >= 15 is 0 Å². The van der Waals surface area contributed by atoms with Gasteiger partial charge >= 0.3 is 6.18 Å². The smallest absolute Gasteiger partial charge is 0.351 e. The SMILES string of the molecule is O=C1NC(=O)/C(=C\c2ccnc(NC3CCC(NCc4cccnc4-c4cccc(C(F)(F)F)c4)CC3)n2)S1. The first-order chi connectivity index (χ1) is 18.7. The van der Waals surface area contributed by atoms with Gasteiger partial charge in [0.15, 0.2) is 0 Å². The van der Waals surface area contributed by atoms with Crippen molar-refractivity contribution in [2.45, 2.75) is 50.5 Å². The van der Waals surface area contributed by atoms with Gasteiger partial charge in [-0.2, -0.15) is 13.2 Å². The van der Waals surface area contributed by atoms with Crippen LogP contribution >= 0.6 is 11.8 Å². The van der Waals surface area contributed by atoms with Crippen LogP contribution in [-0.4, -0.2) is 38.2 Å². The Hall–Kier alpha value is -3.77. The van der Waals surface area contributed by atoms with Crippen LogP contribution in [0.15, 0.2) is 59.8 Å². The molecule has 2 aromatic heterocycles. The van der Waals surface area contributed by atoms with Gasteiger partial charge < -0.3 is 10.6 Å². The number of rotatable bonds is 7. The lowest BCUT2D eigenvalue weighted by Gasteiger charge is -2.30. The molecule has 0 atom stereocenters. The minimum absolute atomic E-state index is 0.177. The topological polar surface area (TPSA) is 109 Å². The monoisotopic (exact) mass is 554 g/mol. The predicted octanol–water partition coefficient (Wildman–Crippen LogP) is 5.39. The van der Waals surface area contributed by atoms with Gasteiger partial charge in [0.1, 0.15) is 0 Å². The first-order valence-electron chi connectivity index (χ1n) is 12.4. The minimum atomic E-state index is -4.41. The zero-order valence-electron chi connectivity index (χ0n) is 20.7. The third kappa shape index (κ3) is 6.82. The lowest BCUT2D eigenvalue weighted by molar-refractivity contribution is -0.137. The standard InChI is InChI=1S/C27H25F3N6O2S/c28-27(29,30)18-5-1-3-16(13-18)23-17(4-2-11-31-23)15-33-19-6-8-20(9-7-19)34-25-32-12-10-21(35-25)14-22-24(37)36-26(38)39-22/h1-5,10-14,19-20,33H,6-9,15H2,(H,32,34,35)(H,36,37,38)/b22-14+. The Labute approximate surface area is 226 Å². The Morgan fingerprint density at radius 1 is 1.00 bits per heavy atom. The first kappa shape index (κ1) is 26.8. The molecule has 1 saturated heterocycles. The van der Waals surface area contributed by atoms with E-state index < -0.39 is 22.9 Å². The Kier molecular flexibility index (Phi) is 7.94. The molecule has 1 aliphatic heterocycles. The van der Waals surface area contributed by atoms with Crippen molar-refractivity contribution < 1.29 is 22.8 Å². The van der Waals surface area contributed by atoms with E-state index in [0.29, 0.717) is 34.3 Å². The van der Waals surface area contributed by atoms with Crippen molar-refractivity contribution in [3.05, 3.63) is 76.6 Å². The van der Waals surface area contributed by atoms with Gasteiger partial charge in [-0.1, -0.05) is 18.2 Å². The number of hydrogen-bond donors (Lipinski definition) is 3. The molecule has 1 aliphatic carbocycles. The first-order valence-corrected chi connectivity index (χ1v) is 13.3. The summed E-state index contributed by atoms with van der Waals surface area (Å²) in [6.45, 7) is 0.496.